The maximum Gasteiger partial charge on any atom is 0.414 e. The Morgan fingerprint density at radius 3 is 2.50 bits per heavy atom. The van der Waals surface area contributed by atoms with E-state index < -0.39 is 5.60 Å². The molecule has 2 aliphatic rings. The van der Waals surface area contributed by atoms with Gasteiger partial charge < -0.3 is 15.4 Å². The van der Waals surface area contributed by atoms with Gasteiger partial charge in [0.2, 0.25) is 0 Å². The molecule has 20 heavy (non-hydrogen) atoms. The van der Waals surface area contributed by atoms with Crippen LogP contribution in [-0.4, -0.2) is 41.1 Å². The van der Waals surface area contributed by atoms with Crippen molar-refractivity contribution in [3.8, 4) is 0 Å². The normalized spacial score (nSPS) is 20.4. The summed E-state index contributed by atoms with van der Waals surface area (Å²) in [5.41, 5.74) is 7.38. The van der Waals surface area contributed by atoms with Gasteiger partial charge in [0.1, 0.15) is 5.60 Å². The minimum Gasteiger partial charge on any atom is -0.443 e. The zero-order chi connectivity index (χ0) is 14.8. The molecule has 0 spiro atoms. The van der Waals surface area contributed by atoms with E-state index in [9.17, 15) is 4.79 Å². The van der Waals surface area contributed by atoms with Crippen LogP contribution in [0.1, 0.15) is 40.0 Å². The van der Waals surface area contributed by atoms with Gasteiger partial charge in [-0.25, -0.2) is 4.79 Å². The van der Waals surface area contributed by atoms with Gasteiger partial charge in [-0.2, -0.15) is 0 Å². The molecule has 0 atom stereocenters. The summed E-state index contributed by atoms with van der Waals surface area (Å²) in [5.74, 6) is 0. The van der Waals surface area contributed by atoms with Gasteiger partial charge in [-0.1, -0.05) is 0 Å². The van der Waals surface area contributed by atoms with Gasteiger partial charge in [-0.05, 0) is 46.1 Å². The lowest BCUT2D eigenvalue weighted by molar-refractivity contribution is 0.0333. The smallest absolute Gasteiger partial charge is 0.414 e. The number of nitrogens with zero attached hydrogens (tertiary/aromatic N) is 2. The van der Waals surface area contributed by atoms with Crippen molar-refractivity contribution in [2.45, 2.75) is 45.6 Å². The topological polar surface area (TPSA) is 58.8 Å². The van der Waals surface area contributed by atoms with Gasteiger partial charge in [0.15, 0.2) is 0 Å². The number of likely N-dealkylation sites (tertiary alicyclic amines) is 1. The van der Waals surface area contributed by atoms with E-state index in [0.717, 1.165) is 24.5 Å². The van der Waals surface area contributed by atoms with Crippen molar-refractivity contribution >= 4 is 6.09 Å². The minimum atomic E-state index is -0.483. The summed E-state index contributed by atoms with van der Waals surface area (Å²) in [5, 5.41) is 0. The Bertz CT molecular complexity index is 429. The molecule has 5 nitrogen and oxygen atoms in total. The van der Waals surface area contributed by atoms with E-state index in [-0.39, 0.29) is 6.09 Å². The van der Waals surface area contributed by atoms with Gasteiger partial charge in [0.25, 0.3) is 0 Å². The summed E-state index contributed by atoms with van der Waals surface area (Å²) in [6.07, 6.45) is 6.82. The number of carbonyl (C=O) groups is 1. The zero-order valence-electron chi connectivity index (χ0n) is 12.7. The Labute approximate surface area is 121 Å². The molecule has 1 fully saturated rings. The molecule has 0 saturated carbocycles. The molecule has 2 aliphatic heterocycles. The maximum absolute atomic E-state index is 12.1. The molecule has 0 radical (unpaired) electrons. The molecular formula is C15H25N3O2. The molecule has 0 aliphatic carbocycles. The molecule has 5 heteroatoms. The van der Waals surface area contributed by atoms with Crippen molar-refractivity contribution in [3.05, 3.63) is 23.7 Å². The second-order valence-electron chi connectivity index (χ2n) is 6.37. The van der Waals surface area contributed by atoms with Crippen LogP contribution < -0.4 is 5.73 Å². The standard InChI is InChI=1S/C15H25N3O2/c1-15(2,3)20-14(19)18-10-7-12(16)13(11-18)17-8-5-4-6-9-17/h7,10H,4-6,8-9,11,16H2,1-3H3. The SMILES string of the molecule is CC(C)(C)OC(=O)N1C=CC(N)=C(N2CCCCC2)C1. The fourth-order valence-electron chi connectivity index (χ4n) is 2.46. The fraction of sp³-hybridized carbons (Fsp3) is 0.667. The van der Waals surface area contributed by atoms with Crippen LogP contribution in [0.2, 0.25) is 0 Å². The van der Waals surface area contributed by atoms with Crippen LogP contribution in [0, 0.1) is 0 Å². The molecule has 1 saturated heterocycles. The van der Waals surface area contributed by atoms with E-state index in [2.05, 4.69) is 4.90 Å². The number of amides is 1. The van der Waals surface area contributed by atoms with E-state index in [1.807, 2.05) is 20.8 Å². The van der Waals surface area contributed by atoms with Gasteiger partial charge in [-0.15, -0.1) is 0 Å². The molecule has 0 aromatic rings. The lowest BCUT2D eigenvalue weighted by atomic mass is 10.1. The van der Waals surface area contributed by atoms with Crippen LogP contribution >= 0.6 is 0 Å². The first-order chi connectivity index (χ1) is 9.37. The van der Waals surface area contributed by atoms with E-state index in [4.69, 9.17) is 10.5 Å². The molecule has 0 unspecified atom stereocenters. The van der Waals surface area contributed by atoms with Gasteiger partial charge >= 0.3 is 6.09 Å². The van der Waals surface area contributed by atoms with Crippen molar-refractivity contribution in [1.82, 2.24) is 9.80 Å². The number of carbonyl (C=O) groups excluding carboxylic acids is 1. The number of hydrogen-bond acceptors (Lipinski definition) is 4. The highest BCUT2D eigenvalue weighted by Gasteiger charge is 2.26. The van der Waals surface area contributed by atoms with Gasteiger partial charge in [0, 0.05) is 19.3 Å². The van der Waals surface area contributed by atoms with E-state index in [1.54, 1.807) is 17.2 Å². The quantitative estimate of drug-likeness (QED) is 0.800. The lowest BCUT2D eigenvalue weighted by Crippen LogP contribution is -2.41. The largest absolute Gasteiger partial charge is 0.443 e. The highest BCUT2D eigenvalue weighted by Crippen LogP contribution is 2.22. The molecule has 2 heterocycles. The Hall–Kier alpha value is -1.65. The van der Waals surface area contributed by atoms with Gasteiger partial charge in [-0.3, -0.25) is 4.90 Å². The van der Waals surface area contributed by atoms with Crippen LogP contribution in [0.25, 0.3) is 0 Å². The first kappa shape index (κ1) is 14.8. The highest BCUT2D eigenvalue weighted by atomic mass is 16.6. The third-order valence-corrected chi connectivity index (χ3v) is 3.45. The third-order valence-electron chi connectivity index (χ3n) is 3.45. The van der Waals surface area contributed by atoms with Crippen molar-refractivity contribution in [3.63, 3.8) is 0 Å². The van der Waals surface area contributed by atoms with Crippen molar-refractivity contribution < 1.29 is 9.53 Å². The summed E-state index contributed by atoms with van der Waals surface area (Å²) >= 11 is 0. The second-order valence-corrected chi connectivity index (χ2v) is 6.37. The van der Waals surface area contributed by atoms with Crippen molar-refractivity contribution in [1.29, 1.82) is 0 Å². The summed E-state index contributed by atoms with van der Waals surface area (Å²) in [6.45, 7) is 8.15. The molecule has 1 amide bonds. The molecule has 0 aromatic heterocycles. The number of nitrogens with two attached hydrogens (primary N) is 1. The second kappa shape index (κ2) is 5.77. The molecule has 112 valence electrons. The molecule has 0 bridgehead atoms. The minimum absolute atomic E-state index is 0.323. The number of ether oxygens (including phenoxy) is 1. The Morgan fingerprint density at radius 1 is 1.25 bits per heavy atom. The number of allylic oxidation sites excluding steroid dienone is 1. The van der Waals surface area contributed by atoms with Crippen LogP contribution in [0.3, 0.4) is 0 Å². The Morgan fingerprint density at radius 2 is 1.90 bits per heavy atom. The Kier molecular flexibility index (Phi) is 4.26. The predicted molar refractivity (Wildman–Crippen MR) is 78.7 cm³/mol. The summed E-state index contributed by atoms with van der Waals surface area (Å²) in [6, 6.07) is 0. The van der Waals surface area contributed by atoms with Crippen LogP contribution in [0.4, 0.5) is 4.79 Å². The predicted octanol–water partition coefficient (Wildman–Crippen LogP) is 2.41. The Balaban J connectivity index is 2.04. The number of hydrogen-bond donors (Lipinski definition) is 1. The van der Waals surface area contributed by atoms with Crippen LogP contribution in [0.5, 0.6) is 0 Å². The summed E-state index contributed by atoms with van der Waals surface area (Å²) in [4.78, 5) is 16.0. The first-order valence-electron chi connectivity index (χ1n) is 7.28. The third kappa shape index (κ3) is 3.68. The zero-order valence-corrected chi connectivity index (χ0v) is 12.7. The average Bonchev–Trinajstić information content (AvgIpc) is 2.38. The van der Waals surface area contributed by atoms with Crippen molar-refractivity contribution in [2.75, 3.05) is 19.6 Å². The maximum atomic E-state index is 12.1. The van der Waals surface area contributed by atoms with Crippen LogP contribution in [-0.2, 0) is 4.74 Å². The van der Waals surface area contributed by atoms with Crippen LogP contribution in [0.15, 0.2) is 23.7 Å². The summed E-state index contributed by atoms with van der Waals surface area (Å²) in [7, 11) is 0. The van der Waals surface area contributed by atoms with E-state index in [1.165, 1.54) is 19.3 Å². The van der Waals surface area contributed by atoms with E-state index in [0.29, 0.717) is 6.54 Å². The molecule has 2 rings (SSSR count). The number of rotatable bonds is 1. The lowest BCUT2D eigenvalue weighted by Gasteiger charge is -2.36. The fourth-order valence-corrected chi connectivity index (χ4v) is 2.46. The summed E-state index contributed by atoms with van der Waals surface area (Å²) < 4.78 is 5.40. The van der Waals surface area contributed by atoms with Gasteiger partial charge in [0.05, 0.1) is 17.9 Å². The monoisotopic (exact) mass is 279 g/mol. The molecule has 2 N–H and O–H groups in total. The van der Waals surface area contributed by atoms with E-state index >= 15 is 0 Å². The number of piperidine rings is 1. The van der Waals surface area contributed by atoms with Crippen molar-refractivity contribution in [2.24, 2.45) is 5.73 Å². The first-order valence-corrected chi connectivity index (χ1v) is 7.28. The molecule has 0 aromatic carbocycles. The highest BCUT2D eigenvalue weighted by molar-refractivity contribution is 5.70. The molecular weight excluding hydrogens is 254 g/mol. The average molecular weight is 279 g/mol.